The zero-order valence-electron chi connectivity index (χ0n) is 6.73. The summed E-state index contributed by atoms with van der Waals surface area (Å²) in [6.45, 7) is 0.762. The Labute approximate surface area is 83.5 Å². The van der Waals surface area contributed by atoms with Crippen molar-refractivity contribution in [3.05, 3.63) is 22.8 Å². The van der Waals surface area contributed by atoms with Gasteiger partial charge in [-0.25, -0.2) is 4.98 Å². The largest absolute Gasteiger partial charge is 0.389 e. The van der Waals surface area contributed by atoms with Crippen LogP contribution in [0.5, 0.6) is 0 Å². The summed E-state index contributed by atoms with van der Waals surface area (Å²) in [7, 11) is 0. The molecule has 2 rings (SSSR count). The van der Waals surface area contributed by atoms with E-state index in [1.807, 2.05) is 11.7 Å². The number of nitrogen functional groups attached to an aromatic ring is 1. The van der Waals surface area contributed by atoms with Gasteiger partial charge in [0.25, 0.3) is 0 Å². The van der Waals surface area contributed by atoms with E-state index in [0.29, 0.717) is 0 Å². The SMILES string of the molecule is Nc1cnc(NCc2cncs2)s1. The molecule has 4 nitrogen and oxygen atoms in total. The molecule has 0 unspecified atom stereocenters. The fraction of sp³-hybridized carbons (Fsp3) is 0.143. The lowest BCUT2D eigenvalue weighted by molar-refractivity contribution is 1.16. The number of anilines is 2. The molecule has 0 aliphatic rings. The van der Waals surface area contributed by atoms with Crippen molar-refractivity contribution in [2.45, 2.75) is 6.54 Å². The van der Waals surface area contributed by atoms with E-state index < -0.39 is 0 Å². The van der Waals surface area contributed by atoms with Gasteiger partial charge < -0.3 is 11.1 Å². The average Bonchev–Trinajstić information content (AvgIpc) is 2.71. The molecule has 0 spiro atoms. The van der Waals surface area contributed by atoms with Crippen LogP contribution in [-0.4, -0.2) is 9.97 Å². The van der Waals surface area contributed by atoms with Gasteiger partial charge in [-0.15, -0.1) is 11.3 Å². The van der Waals surface area contributed by atoms with Crippen LogP contribution in [0, 0.1) is 0 Å². The summed E-state index contributed by atoms with van der Waals surface area (Å²) in [4.78, 5) is 9.25. The third-order valence-electron chi connectivity index (χ3n) is 1.42. The highest BCUT2D eigenvalue weighted by molar-refractivity contribution is 7.19. The van der Waals surface area contributed by atoms with Gasteiger partial charge >= 0.3 is 0 Å². The molecule has 0 bridgehead atoms. The van der Waals surface area contributed by atoms with E-state index in [9.17, 15) is 0 Å². The van der Waals surface area contributed by atoms with E-state index in [1.54, 1.807) is 17.5 Å². The highest BCUT2D eigenvalue weighted by atomic mass is 32.1. The second-order valence-electron chi connectivity index (χ2n) is 2.39. The third kappa shape index (κ3) is 2.16. The summed E-state index contributed by atoms with van der Waals surface area (Å²) in [6.07, 6.45) is 3.49. The van der Waals surface area contributed by atoms with Crippen molar-refractivity contribution >= 4 is 32.8 Å². The average molecular weight is 212 g/mol. The molecule has 2 aromatic heterocycles. The van der Waals surface area contributed by atoms with Crippen molar-refractivity contribution in [2.24, 2.45) is 0 Å². The summed E-state index contributed by atoms with van der Waals surface area (Å²) >= 11 is 3.07. The quantitative estimate of drug-likeness (QED) is 0.814. The van der Waals surface area contributed by atoms with Crippen molar-refractivity contribution in [1.29, 1.82) is 0 Å². The van der Waals surface area contributed by atoms with Gasteiger partial charge in [0.15, 0.2) is 5.13 Å². The predicted molar refractivity (Wildman–Crippen MR) is 56.0 cm³/mol. The molecule has 3 N–H and O–H groups in total. The van der Waals surface area contributed by atoms with E-state index in [4.69, 9.17) is 5.73 Å². The molecule has 0 radical (unpaired) electrons. The van der Waals surface area contributed by atoms with Crippen molar-refractivity contribution in [3.63, 3.8) is 0 Å². The zero-order valence-corrected chi connectivity index (χ0v) is 8.36. The monoisotopic (exact) mass is 212 g/mol. The van der Waals surface area contributed by atoms with Gasteiger partial charge in [-0.3, -0.25) is 4.98 Å². The number of nitrogens with two attached hydrogens (primary N) is 1. The third-order valence-corrected chi connectivity index (χ3v) is 2.98. The second kappa shape index (κ2) is 3.71. The maximum Gasteiger partial charge on any atom is 0.184 e. The van der Waals surface area contributed by atoms with Crippen LogP contribution < -0.4 is 11.1 Å². The first-order chi connectivity index (χ1) is 6.34. The first-order valence-corrected chi connectivity index (χ1v) is 5.37. The number of thiazole rings is 2. The fourth-order valence-electron chi connectivity index (χ4n) is 0.860. The van der Waals surface area contributed by atoms with Gasteiger partial charge in [-0.1, -0.05) is 11.3 Å². The van der Waals surface area contributed by atoms with Crippen molar-refractivity contribution in [2.75, 3.05) is 11.1 Å². The van der Waals surface area contributed by atoms with Crippen LogP contribution in [0.1, 0.15) is 4.88 Å². The number of nitrogens with one attached hydrogen (secondary N) is 1. The van der Waals surface area contributed by atoms with Crippen molar-refractivity contribution in [1.82, 2.24) is 9.97 Å². The second-order valence-corrected chi connectivity index (χ2v) is 4.42. The summed E-state index contributed by atoms with van der Waals surface area (Å²) in [5, 5.41) is 4.75. The Morgan fingerprint density at radius 3 is 3.00 bits per heavy atom. The minimum Gasteiger partial charge on any atom is -0.389 e. The smallest absolute Gasteiger partial charge is 0.184 e. The fourth-order valence-corrected chi connectivity index (χ4v) is 1.97. The van der Waals surface area contributed by atoms with Crippen LogP contribution in [0.2, 0.25) is 0 Å². The van der Waals surface area contributed by atoms with Gasteiger partial charge in [0.2, 0.25) is 0 Å². The maximum absolute atomic E-state index is 5.53. The van der Waals surface area contributed by atoms with Crippen LogP contribution in [0.3, 0.4) is 0 Å². The number of nitrogens with zero attached hydrogens (tertiary/aromatic N) is 2. The van der Waals surface area contributed by atoms with Gasteiger partial charge in [0, 0.05) is 11.1 Å². The van der Waals surface area contributed by atoms with E-state index >= 15 is 0 Å². The number of aromatic nitrogens is 2. The Bertz CT molecular complexity index is 368. The van der Waals surface area contributed by atoms with E-state index in [2.05, 4.69) is 15.3 Å². The van der Waals surface area contributed by atoms with Crippen LogP contribution in [-0.2, 0) is 6.54 Å². The molecule has 6 heteroatoms. The van der Waals surface area contributed by atoms with Gasteiger partial charge in [-0.05, 0) is 0 Å². The van der Waals surface area contributed by atoms with Gasteiger partial charge in [-0.2, -0.15) is 0 Å². The molecule has 0 aromatic carbocycles. The first-order valence-electron chi connectivity index (χ1n) is 3.67. The standard InChI is InChI=1S/C7H8N4S2/c8-6-3-11-7(13-6)10-2-5-1-9-4-12-5/h1,3-4H,2,8H2,(H,10,11). The maximum atomic E-state index is 5.53. The van der Waals surface area contributed by atoms with Crippen LogP contribution in [0.25, 0.3) is 0 Å². The molecule has 0 aliphatic carbocycles. The Hall–Kier alpha value is -1.14. The number of hydrogen-bond donors (Lipinski definition) is 2. The predicted octanol–water partition coefficient (Wildman–Crippen LogP) is 1.79. The molecule has 2 heterocycles. The molecular formula is C7H8N4S2. The molecular weight excluding hydrogens is 204 g/mol. The van der Waals surface area contributed by atoms with Crippen LogP contribution in [0.15, 0.2) is 17.9 Å². The van der Waals surface area contributed by atoms with Gasteiger partial charge in [0.1, 0.15) is 5.00 Å². The lowest BCUT2D eigenvalue weighted by Gasteiger charge is -1.97. The molecule has 0 atom stereocenters. The van der Waals surface area contributed by atoms with Crippen LogP contribution >= 0.6 is 22.7 Å². The topological polar surface area (TPSA) is 63.8 Å². The van der Waals surface area contributed by atoms with Gasteiger partial charge in [0.05, 0.1) is 18.3 Å². The molecule has 0 fully saturated rings. The van der Waals surface area contributed by atoms with Crippen molar-refractivity contribution < 1.29 is 0 Å². The van der Waals surface area contributed by atoms with E-state index in [1.165, 1.54) is 16.2 Å². The zero-order chi connectivity index (χ0) is 9.10. The molecule has 13 heavy (non-hydrogen) atoms. The normalized spacial score (nSPS) is 10.2. The summed E-state index contributed by atoms with van der Waals surface area (Å²) < 4.78 is 0. The summed E-state index contributed by atoms with van der Waals surface area (Å²) in [5.41, 5.74) is 7.35. The highest BCUT2D eigenvalue weighted by Gasteiger charge is 1.98. The molecule has 0 amide bonds. The molecule has 0 aliphatic heterocycles. The molecule has 68 valence electrons. The Kier molecular flexibility index (Phi) is 2.42. The Morgan fingerprint density at radius 1 is 1.46 bits per heavy atom. The Balaban J connectivity index is 1.93. The number of rotatable bonds is 3. The molecule has 0 saturated carbocycles. The first kappa shape index (κ1) is 8.46. The lowest BCUT2D eigenvalue weighted by atomic mass is 10.5. The van der Waals surface area contributed by atoms with E-state index in [0.717, 1.165) is 16.7 Å². The lowest BCUT2D eigenvalue weighted by Crippen LogP contribution is -1.95. The number of hydrogen-bond acceptors (Lipinski definition) is 6. The minimum atomic E-state index is 0.729. The summed E-state index contributed by atoms with van der Waals surface area (Å²) in [6, 6.07) is 0. The molecule has 2 aromatic rings. The van der Waals surface area contributed by atoms with Crippen LogP contribution in [0.4, 0.5) is 10.1 Å². The van der Waals surface area contributed by atoms with Crippen molar-refractivity contribution in [3.8, 4) is 0 Å². The Morgan fingerprint density at radius 2 is 2.38 bits per heavy atom. The van der Waals surface area contributed by atoms with E-state index in [-0.39, 0.29) is 0 Å². The summed E-state index contributed by atoms with van der Waals surface area (Å²) in [5.74, 6) is 0. The highest BCUT2D eigenvalue weighted by Crippen LogP contribution is 2.20. The molecule has 0 saturated heterocycles. The minimum absolute atomic E-state index is 0.729.